The van der Waals surface area contributed by atoms with Gasteiger partial charge in [0.1, 0.15) is 0 Å². The summed E-state index contributed by atoms with van der Waals surface area (Å²) in [7, 11) is 0. The van der Waals surface area contributed by atoms with Crippen molar-refractivity contribution >= 4 is 17.3 Å². The molecule has 0 spiro atoms. The summed E-state index contributed by atoms with van der Waals surface area (Å²) in [5, 5.41) is 0. The predicted molar refractivity (Wildman–Crippen MR) is 80.6 cm³/mol. The first-order chi connectivity index (χ1) is 9.69. The lowest BCUT2D eigenvalue weighted by Gasteiger charge is -2.25. The van der Waals surface area contributed by atoms with Crippen LogP contribution in [0.5, 0.6) is 0 Å². The van der Waals surface area contributed by atoms with Crippen LogP contribution in [0.25, 0.3) is 5.65 Å². The molecule has 20 heavy (non-hydrogen) atoms. The Morgan fingerprint density at radius 3 is 2.95 bits per heavy atom. The summed E-state index contributed by atoms with van der Waals surface area (Å²) in [5.41, 5.74) is 3.54. The molecule has 2 aromatic rings. The summed E-state index contributed by atoms with van der Waals surface area (Å²) < 4.78 is 1.97. The van der Waals surface area contributed by atoms with Crippen LogP contribution in [0.2, 0.25) is 0 Å². The first-order valence-electron chi connectivity index (χ1n) is 7.26. The van der Waals surface area contributed by atoms with Gasteiger partial charge in [0.2, 0.25) is 0 Å². The average Bonchev–Trinajstić information content (AvgIpc) is 3.15. The van der Waals surface area contributed by atoms with Gasteiger partial charge in [-0.25, -0.2) is 15.8 Å². The van der Waals surface area contributed by atoms with E-state index in [0.717, 1.165) is 24.4 Å². The van der Waals surface area contributed by atoms with E-state index in [0.29, 0.717) is 17.8 Å². The molecule has 6 heteroatoms. The molecule has 1 aliphatic carbocycles. The summed E-state index contributed by atoms with van der Waals surface area (Å²) in [5.74, 6) is 7.82. The highest BCUT2D eigenvalue weighted by atomic mass is 15.3. The molecular weight excluding hydrogens is 252 g/mol. The molecule has 3 N–H and O–H groups in total. The fourth-order valence-electron chi connectivity index (χ4n) is 2.42. The number of nitrogen functional groups attached to an aromatic ring is 1. The van der Waals surface area contributed by atoms with Crippen molar-refractivity contribution in [1.82, 2.24) is 14.4 Å². The van der Waals surface area contributed by atoms with Crippen molar-refractivity contribution in [3.05, 3.63) is 18.6 Å². The second kappa shape index (κ2) is 5.28. The molecule has 0 aromatic carbocycles. The first-order valence-corrected chi connectivity index (χ1v) is 7.26. The molecule has 0 amide bonds. The third-order valence-corrected chi connectivity index (χ3v) is 3.71. The largest absolute Gasteiger partial charge is 0.350 e. The van der Waals surface area contributed by atoms with Crippen molar-refractivity contribution in [1.29, 1.82) is 0 Å². The third kappa shape index (κ3) is 2.56. The normalized spacial score (nSPS) is 15.0. The molecule has 2 heterocycles. The van der Waals surface area contributed by atoms with Gasteiger partial charge in [0, 0.05) is 25.0 Å². The highest BCUT2D eigenvalue weighted by Crippen LogP contribution is 2.33. The van der Waals surface area contributed by atoms with Crippen LogP contribution in [0.15, 0.2) is 18.6 Å². The standard InChI is InChI=1S/C14H22N6/c1-10(2)5-7-20(11-3-4-11)14-13-16-6-8-19(13)9-12(17-14)18-15/h6,8-11,18H,3-5,7,15H2,1-2H3. The molecule has 108 valence electrons. The smallest absolute Gasteiger partial charge is 0.180 e. The fraction of sp³-hybridized carbons (Fsp3) is 0.571. The van der Waals surface area contributed by atoms with Crippen LogP contribution in [0.3, 0.4) is 0 Å². The minimum Gasteiger partial charge on any atom is -0.350 e. The lowest BCUT2D eigenvalue weighted by molar-refractivity contribution is 0.569. The second-order valence-corrected chi connectivity index (χ2v) is 5.86. The molecule has 0 aliphatic heterocycles. The number of nitrogens with zero attached hydrogens (tertiary/aromatic N) is 4. The highest BCUT2D eigenvalue weighted by molar-refractivity contribution is 5.67. The van der Waals surface area contributed by atoms with E-state index in [2.05, 4.69) is 34.1 Å². The highest BCUT2D eigenvalue weighted by Gasteiger charge is 2.31. The van der Waals surface area contributed by atoms with Gasteiger partial charge in [-0.1, -0.05) is 13.8 Å². The molecule has 0 bridgehead atoms. The molecule has 2 aromatic heterocycles. The Balaban J connectivity index is 1.98. The fourth-order valence-corrected chi connectivity index (χ4v) is 2.42. The second-order valence-electron chi connectivity index (χ2n) is 5.86. The number of fused-ring (bicyclic) bond motifs is 1. The van der Waals surface area contributed by atoms with Crippen molar-refractivity contribution in [2.24, 2.45) is 11.8 Å². The molecule has 1 aliphatic rings. The van der Waals surface area contributed by atoms with Crippen molar-refractivity contribution in [3.8, 4) is 0 Å². The number of aromatic nitrogens is 3. The van der Waals surface area contributed by atoms with E-state index in [4.69, 9.17) is 5.84 Å². The number of hydrogen-bond donors (Lipinski definition) is 2. The van der Waals surface area contributed by atoms with E-state index >= 15 is 0 Å². The summed E-state index contributed by atoms with van der Waals surface area (Å²) >= 11 is 0. The van der Waals surface area contributed by atoms with Crippen LogP contribution in [-0.2, 0) is 0 Å². The van der Waals surface area contributed by atoms with Crippen LogP contribution in [-0.4, -0.2) is 27.0 Å². The van der Waals surface area contributed by atoms with Gasteiger partial charge in [0.05, 0.1) is 6.20 Å². The Labute approximate surface area is 119 Å². The minimum atomic E-state index is 0.606. The number of rotatable bonds is 6. The Bertz CT molecular complexity index is 586. The Morgan fingerprint density at radius 1 is 1.50 bits per heavy atom. The van der Waals surface area contributed by atoms with Gasteiger partial charge in [-0.15, -0.1) is 0 Å². The van der Waals surface area contributed by atoms with Crippen LogP contribution >= 0.6 is 0 Å². The zero-order valence-electron chi connectivity index (χ0n) is 12.1. The van der Waals surface area contributed by atoms with Crippen molar-refractivity contribution in [2.45, 2.75) is 39.2 Å². The number of nitrogens with one attached hydrogen (secondary N) is 1. The Hall–Kier alpha value is -1.82. The number of nitrogens with two attached hydrogens (primary N) is 1. The van der Waals surface area contributed by atoms with E-state index in [9.17, 15) is 0 Å². The minimum absolute atomic E-state index is 0.606. The van der Waals surface area contributed by atoms with Gasteiger partial charge >= 0.3 is 0 Å². The first kappa shape index (κ1) is 13.2. The predicted octanol–water partition coefficient (Wildman–Crippen LogP) is 2.03. The van der Waals surface area contributed by atoms with Crippen molar-refractivity contribution in [2.75, 3.05) is 16.9 Å². The molecular formula is C14H22N6. The quantitative estimate of drug-likeness (QED) is 0.623. The molecule has 1 fully saturated rings. The van der Waals surface area contributed by atoms with E-state index < -0.39 is 0 Å². The van der Waals surface area contributed by atoms with Crippen LogP contribution in [0, 0.1) is 5.92 Å². The Kier molecular flexibility index (Phi) is 3.48. The van der Waals surface area contributed by atoms with E-state index in [-0.39, 0.29) is 0 Å². The summed E-state index contributed by atoms with van der Waals surface area (Å²) in [6.07, 6.45) is 9.23. The lowest BCUT2D eigenvalue weighted by atomic mass is 10.1. The van der Waals surface area contributed by atoms with Gasteiger partial charge in [0.15, 0.2) is 17.3 Å². The number of imidazole rings is 1. The topological polar surface area (TPSA) is 71.5 Å². The maximum atomic E-state index is 5.53. The van der Waals surface area contributed by atoms with E-state index in [1.807, 2.05) is 16.8 Å². The SMILES string of the molecule is CC(C)CCN(c1nc(NN)cn2ccnc12)C1CC1. The van der Waals surface area contributed by atoms with Crippen LogP contribution in [0.1, 0.15) is 33.1 Å². The number of hydrogen-bond acceptors (Lipinski definition) is 5. The van der Waals surface area contributed by atoms with Gasteiger partial charge in [-0.05, 0) is 25.2 Å². The molecule has 0 radical (unpaired) electrons. The Morgan fingerprint density at radius 2 is 2.30 bits per heavy atom. The van der Waals surface area contributed by atoms with Gasteiger partial charge in [-0.3, -0.25) is 0 Å². The van der Waals surface area contributed by atoms with Crippen LogP contribution in [0.4, 0.5) is 11.6 Å². The molecule has 0 atom stereocenters. The van der Waals surface area contributed by atoms with Gasteiger partial charge in [0.25, 0.3) is 0 Å². The average molecular weight is 274 g/mol. The molecule has 3 rings (SSSR count). The maximum Gasteiger partial charge on any atom is 0.180 e. The summed E-state index contributed by atoms with van der Waals surface area (Å²) in [4.78, 5) is 11.5. The van der Waals surface area contributed by atoms with Gasteiger partial charge < -0.3 is 14.7 Å². The summed E-state index contributed by atoms with van der Waals surface area (Å²) in [6, 6.07) is 0.606. The lowest BCUT2D eigenvalue weighted by Crippen LogP contribution is -2.29. The van der Waals surface area contributed by atoms with Gasteiger partial charge in [-0.2, -0.15) is 0 Å². The van der Waals surface area contributed by atoms with Crippen molar-refractivity contribution in [3.63, 3.8) is 0 Å². The molecule has 1 saturated carbocycles. The van der Waals surface area contributed by atoms with E-state index in [1.165, 1.54) is 12.8 Å². The van der Waals surface area contributed by atoms with Crippen molar-refractivity contribution < 1.29 is 0 Å². The molecule has 0 unspecified atom stereocenters. The maximum absolute atomic E-state index is 5.53. The monoisotopic (exact) mass is 274 g/mol. The number of hydrazine groups is 1. The third-order valence-electron chi connectivity index (χ3n) is 3.71. The summed E-state index contributed by atoms with van der Waals surface area (Å²) in [6.45, 7) is 5.52. The zero-order chi connectivity index (χ0) is 14.1. The number of anilines is 2. The van der Waals surface area contributed by atoms with E-state index in [1.54, 1.807) is 6.20 Å². The molecule has 6 nitrogen and oxygen atoms in total. The van der Waals surface area contributed by atoms with Crippen LogP contribution < -0.4 is 16.2 Å². The zero-order valence-corrected chi connectivity index (χ0v) is 12.1. The molecule has 0 saturated heterocycles.